The largest absolute Gasteiger partial charge is 0.376 e. The molecule has 1 aliphatic carbocycles. The Morgan fingerprint density at radius 1 is 1.04 bits per heavy atom. The van der Waals surface area contributed by atoms with Crippen LogP contribution in [0.3, 0.4) is 0 Å². The molecule has 0 unspecified atom stereocenters. The standard InChI is InChI=1S/C23H30N2O/c1-24-13-12-23-22(15-24)21(14-25(23)2)17-26-16-18-8-10-20(11-9-18)19-6-4-3-5-7-19/h3-7,12,14-15,18,20H,8-11,13,16-17H2,1-2H3. The highest BCUT2D eigenvalue weighted by Crippen LogP contribution is 2.35. The summed E-state index contributed by atoms with van der Waals surface area (Å²) in [5, 5.41) is 2.65. The number of fused-ring (bicyclic) bond motifs is 1. The number of aromatic nitrogens is 1. The second kappa shape index (κ2) is 7.71. The van der Waals surface area contributed by atoms with Gasteiger partial charge in [0.05, 0.1) is 6.61 Å². The van der Waals surface area contributed by atoms with E-state index in [0.29, 0.717) is 5.92 Å². The molecule has 0 saturated heterocycles. The Morgan fingerprint density at radius 3 is 2.58 bits per heavy atom. The fourth-order valence-corrected chi connectivity index (χ4v) is 4.47. The highest BCUT2D eigenvalue weighted by Gasteiger charge is 2.22. The fourth-order valence-electron chi connectivity index (χ4n) is 4.47. The highest BCUT2D eigenvalue weighted by molar-refractivity contribution is 5.39. The lowest BCUT2D eigenvalue weighted by molar-refractivity contribution is 0.0712. The normalized spacial score (nSPS) is 22.5. The van der Waals surface area contributed by atoms with E-state index in [1.54, 1.807) is 0 Å². The number of aryl methyl sites for hydroxylation is 1. The van der Waals surface area contributed by atoms with Crippen LogP contribution in [0.25, 0.3) is 12.3 Å². The number of benzene rings is 1. The maximum Gasteiger partial charge on any atom is 0.0738 e. The predicted octanol–water partition coefficient (Wildman–Crippen LogP) is 2.98. The average Bonchev–Trinajstić information content (AvgIpc) is 2.98. The molecule has 138 valence electrons. The molecule has 1 fully saturated rings. The van der Waals surface area contributed by atoms with E-state index in [0.717, 1.165) is 25.7 Å². The molecule has 0 bridgehead atoms. The number of nitrogens with zero attached hydrogens (tertiary/aromatic N) is 2. The summed E-state index contributed by atoms with van der Waals surface area (Å²) in [6, 6.07) is 11.0. The van der Waals surface area contributed by atoms with Gasteiger partial charge in [-0.15, -0.1) is 0 Å². The smallest absolute Gasteiger partial charge is 0.0738 e. The van der Waals surface area contributed by atoms with Gasteiger partial charge in [0.2, 0.25) is 0 Å². The summed E-state index contributed by atoms with van der Waals surface area (Å²) in [7, 11) is 4.26. The highest BCUT2D eigenvalue weighted by atomic mass is 16.5. The molecular formula is C23H30N2O. The monoisotopic (exact) mass is 350 g/mol. The molecule has 0 atom stereocenters. The van der Waals surface area contributed by atoms with Crippen molar-refractivity contribution in [2.45, 2.75) is 38.2 Å². The summed E-state index contributed by atoms with van der Waals surface area (Å²) in [5.41, 5.74) is 2.82. The first-order chi connectivity index (χ1) is 12.7. The number of rotatable bonds is 5. The minimum atomic E-state index is 0.715. The van der Waals surface area contributed by atoms with E-state index in [4.69, 9.17) is 4.74 Å². The zero-order valence-electron chi connectivity index (χ0n) is 16.0. The maximum absolute atomic E-state index is 6.15. The van der Waals surface area contributed by atoms with Crippen LogP contribution in [0.5, 0.6) is 0 Å². The van der Waals surface area contributed by atoms with Crippen molar-refractivity contribution in [1.29, 1.82) is 0 Å². The lowest BCUT2D eigenvalue weighted by Gasteiger charge is -2.28. The van der Waals surface area contributed by atoms with E-state index in [1.807, 2.05) is 0 Å². The maximum atomic E-state index is 6.15. The van der Waals surface area contributed by atoms with Gasteiger partial charge >= 0.3 is 0 Å². The predicted molar refractivity (Wildman–Crippen MR) is 107 cm³/mol. The van der Waals surface area contributed by atoms with Crippen molar-refractivity contribution >= 4 is 12.3 Å². The molecule has 2 aromatic rings. The van der Waals surface area contributed by atoms with E-state index in [9.17, 15) is 0 Å². The topological polar surface area (TPSA) is 17.4 Å². The average molecular weight is 351 g/mol. The first-order valence-electron chi connectivity index (χ1n) is 9.90. The molecule has 0 spiro atoms. The first-order valence-corrected chi connectivity index (χ1v) is 9.90. The number of ether oxygens (including phenoxy) is 1. The van der Waals surface area contributed by atoms with Crippen LogP contribution in [-0.4, -0.2) is 29.7 Å². The third-order valence-electron chi connectivity index (χ3n) is 6.00. The summed E-state index contributed by atoms with van der Waals surface area (Å²) < 4.78 is 8.37. The molecule has 3 heteroatoms. The van der Waals surface area contributed by atoms with Crippen molar-refractivity contribution in [3.8, 4) is 0 Å². The molecule has 0 N–H and O–H groups in total. The zero-order chi connectivity index (χ0) is 17.9. The van der Waals surface area contributed by atoms with Gasteiger partial charge in [-0.05, 0) is 49.2 Å². The number of hydrogen-bond acceptors (Lipinski definition) is 2. The van der Waals surface area contributed by atoms with Gasteiger partial charge in [-0.2, -0.15) is 0 Å². The van der Waals surface area contributed by atoms with Crippen LogP contribution < -0.4 is 10.6 Å². The summed E-state index contributed by atoms with van der Waals surface area (Å²) in [4.78, 5) is 2.23. The zero-order valence-corrected chi connectivity index (χ0v) is 16.0. The van der Waals surface area contributed by atoms with Crippen molar-refractivity contribution in [2.24, 2.45) is 13.0 Å². The van der Waals surface area contributed by atoms with Crippen LogP contribution in [0.2, 0.25) is 0 Å². The second-order valence-corrected chi connectivity index (χ2v) is 7.98. The van der Waals surface area contributed by atoms with E-state index in [2.05, 4.69) is 72.4 Å². The Labute approximate surface area is 156 Å². The SMILES string of the molecule is CN1C=c2c(COCC3CCC(c4ccccc4)CC3)cn(C)c2=CC1. The molecule has 1 saturated carbocycles. The van der Waals surface area contributed by atoms with Gasteiger partial charge in [0.1, 0.15) is 0 Å². The Kier molecular flexibility index (Phi) is 5.16. The summed E-state index contributed by atoms with van der Waals surface area (Å²) in [5.74, 6) is 1.46. The van der Waals surface area contributed by atoms with Gasteiger partial charge in [-0.25, -0.2) is 0 Å². The van der Waals surface area contributed by atoms with Crippen molar-refractivity contribution in [3.63, 3.8) is 0 Å². The van der Waals surface area contributed by atoms with E-state index in [-0.39, 0.29) is 0 Å². The van der Waals surface area contributed by atoms with Gasteiger partial charge in [-0.3, -0.25) is 0 Å². The molecule has 0 radical (unpaired) electrons. The lowest BCUT2D eigenvalue weighted by Crippen LogP contribution is -2.37. The summed E-state index contributed by atoms with van der Waals surface area (Å²) >= 11 is 0. The molecular weight excluding hydrogens is 320 g/mol. The molecule has 3 nitrogen and oxygen atoms in total. The minimum absolute atomic E-state index is 0.715. The Bertz CT molecular complexity index is 844. The summed E-state index contributed by atoms with van der Waals surface area (Å²) in [6.07, 6.45) is 11.9. The van der Waals surface area contributed by atoms with Crippen LogP contribution >= 0.6 is 0 Å². The van der Waals surface area contributed by atoms with Gasteiger partial charge in [-0.1, -0.05) is 30.3 Å². The van der Waals surface area contributed by atoms with Crippen LogP contribution in [0, 0.1) is 5.92 Å². The molecule has 2 aliphatic rings. The molecule has 2 heterocycles. The van der Waals surface area contributed by atoms with Crippen molar-refractivity contribution in [2.75, 3.05) is 20.2 Å². The van der Waals surface area contributed by atoms with Crippen LogP contribution in [0.4, 0.5) is 0 Å². The molecule has 1 aliphatic heterocycles. The Balaban J connectivity index is 1.30. The van der Waals surface area contributed by atoms with Gasteiger partial charge < -0.3 is 14.2 Å². The van der Waals surface area contributed by atoms with Crippen LogP contribution in [-0.2, 0) is 18.4 Å². The number of hydrogen-bond donors (Lipinski definition) is 0. The van der Waals surface area contributed by atoms with E-state index >= 15 is 0 Å². The molecule has 4 rings (SSSR count). The minimum Gasteiger partial charge on any atom is -0.376 e. The van der Waals surface area contributed by atoms with Gasteiger partial charge in [0.15, 0.2) is 0 Å². The van der Waals surface area contributed by atoms with Gasteiger partial charge in [0, 0.05) is 55.8 Å². The third kappa shape index (κ3) is 3.73. The van der Waals surface area contributed by atoms with Crippen molar-refractivity contribution in [3.05, 3.63) is 58.2 Å². The Hall–Kier alpha value is -2.00. The first kappa shape index (κ1) is 17.4. The van der Waals surface area contributed by atoms with E-state index < -0.39 is 0 Å². The van der Waals surface area contributed by atoms with Crippen molar-refractivity contribution < 1.29 is 4.74 Å². The van der Waals surface area contributed by atoms with Crippen LogP contribution in [0.15, 0.2) is 36.5 Å². The third-order valence-corrected chi connectivity index (χ3v) is 6.00. The van der Waals surface area contributed by atoms with Gasteiger partial charge in [0.25, 0.3) is 0 Å². The molecule has 1 aromatic heterocycles. The lowest BCUT2D eigenvalue weighted by atomic mass is 9.79. The quantitative estimate of drug-likeness (QED) is 0.825. The fraction of sp³-hybridized carbons (Fsp3) is 0.478. The van der Waals surface area contributed by atoms with Crippen molar-refractivity contribution in [1.82, 2.24) is 9.47 Å². The second-order valence-electron chi connectivity index (χ2n) is 7.98. The summed E-state index contributed by atoms with van der Waals surface area (Å²) in [6.45, 7) is 2.60. The van der Waals surface area contributed by atoms with Crippen LogP contribution in [0.1, 0.15) is 42.7 Å². The Morgan fingerprint density at radius 2 is 1.81 bits per heavy atom. The molecule has 0 amide bonds. The molecule has 1 aromatic carbocycles. The molecule has 26 heavy (non-hydrogen) atoms. The van der Waals surface area contributed by atoms with E-state index in [1.165, 1.54) is 47.4 Å².